The molecule has 0 saturated carbocycles. The Balaban J connectivity index is 3.89. The number of hydrogen-bond acceptors (Lipinski definition) is 2. The van der Waals surface area contributed by atoms with Crippen molar-refractivity contribution >= 4 is 10.0 Å². The number of hydrogen-bond donors (Lipinski definition) is 1. The van der Waals surface area contributed by atoms with Crippen LogP contribution < -0.4 is 4.72 Å². The molecule has 0 heterocycles. The first-order valence-corrected chi connectivity index (χ1v) is 3.69. The summed E-state index contributed by atoms with van der Waals surface area (Å²) in [6, 6.07) is 0. The fourth-order valence-electron chi connectivity index (χ4n) is 0.144. The third-order valence-corrected chi connectivity index (χ3v) is 2.07. The van der Waals surface area contributed by atoms with Crippen molar-refractivity contribution in [1.82, 2.24) is 4.72 Å². The van der Waals surface area contributed by atoms with Crippen LogP contribution in [0, 0.1) is 0 Å². The summed E-state index contributed by atoms with van der Waals surface area (Å²) < 4.78 is 22.7. The Kier molecular flexibility index (Phi) is 2.25. The lowest BCUT2D eigenvalue weighted by Gasteiger charge is -1.92. The molecule has 1 N–H and O–H groups in total. The first-order valence-electron chi connectivity index (χ1n) is 2.03. The molecule has 0 aliphatic heterocycles. The SMILES string of the molecule is CCS(=O)(=O)NC. The van der Waals surface area contributed by atoms with Gasteiger partial charge in [0.15, 0.2) is 0 Å². The molecule has 0 saturated heterocycles. The molecule has 0 amide bonds. The molecule has 0 aromatic heterocycles. The summed E-state index contributed by atoms with van der Waals surface area (Å²) in [6.07, 6.45) is 0. The molecular formula is C3H9NO2S. The normalized spacial score (nSPS) is 11.7. The van der Waals surface area contributed by atoms with Crippen LogP contribution in [0.15, 0.2) is 0 Å². The van der Waals surface area contributed by atoms with Gasteiger partial charge in [-0.25, -0.2) is 13.1 Å². The quantitative estimate of drug-likeness (QED) is 0.541. The van der Waals surface area contributed by atoms with Gasteiger partial charge < -0.3 is 0 Å². The van der Waals surface area contributed by atoms with Crippen molar-refractivity contribution in [3.8, 4) is 0 Å². The molecule has 7 heavy (non-hydrogen) atoms. The molecule has 0 aromatic carbocycles. The van der Waals surface area contributed by atoms with Gasteiger partial charge in [0, 0.05) is 0 Å². The number of sulfonamides is 1. The highest BCUT2D eigenvalue weighted by atomic mass is 32.2. The van der Waals surface area contributed by atoms with Crippen LogP contribution in [0.3, 0.4) is 0 Å². The zero-order valence-electron chi connectivity index (χ0n) is 4.43. The molecule has 0 aliphatic rings. The van der Waals surface area contributed by atoms with Gasteiger partial charge in [0.1, 0.15) is 0 Å². The average Bonchev–Trinajstić information content (AvgIpc) is 1.68. The summed E-state index contributed by atoms with van der Waals surface area (Å²) in [5.74, 6) is 0.156. The fraction of sp³-hybridized carbons (Fsp3) is 1.00. The maximum absolute atomic E-state index is 10.3. The highest BCUT2D eigenvalue weighted by Crippen LogP contribution is 1.75. The molecule has 0 unspecified atom stereocenters. The van der Waals surface area contributed by atoms with E-state index >= 15 is 0 Å². The van der Waals surface area contributed by atoms with Gasteiger partial charge in [-0.15, -0.1) is 0 Å². The van der Waals surface area contributed by atoms with Crippen molar-refractivity contribution < 1.29 is 8.42 Å². The Hall–Kier alpha value is -0.0900. The third-order valence-electron chi connectivity index (χ3n) is 0.691. The lowest BCUT2D eigenvalue weighted by atomic mass is 11.0. The monoisotopic (exact) mass is 123 g/mol. The molecule has 0 bridgehead atoms. The van der Waals surface area contributed by atoms with E-state index in [0.717, 1.165) is 0 Å². The summed E-state index contributed by atoms with van der Waals surface area (Å²) in [6.45, 7) is 1.59. The van der Waals surface area contributed by atoms with Crippen LogP contribution in [-0.2, 0) is 10.0 Å². The van der Waals surface area contributed by atoms with Crippen LogP contribution in [0.1, 0.15) is 6.92 Å². The Bertz CT molecular complexity index is 116. The Labute approximate surface area is 43.8 Å². The minimum absolute atomic E-state index is 0.156. The van der Waals surface area contributed by atoms with E-state index < -0.39 is 10.0 Å². The molecule has 44 valence electrons. The second-order valence-corrected chi connectivity index (χ2v) is 3.32. The summed E-state index contributed by atoms with van der Waals surface area (Å²) in [7, 11) is -1.51. The van der Waals surface area contributed by atoms with Gasteiger partial charge in [0.05, 0.1) is 5.75 Å². The van der Waals surface area contributed by atoms with Gasteiger partial charge in [-0.2, -0.15) is 0 Å². The van der Waals surface area contributed by atoms with Gasteiger partial charge in [-0.05, 0) is 14.0 Å². The minimum Gasteiger partial charge on any atom is -0.218 e. The van der Waals surface area contributed by atoms with E-state index in [2.05, 4.69) is 4.72 Å². The largest absolute Gasteiger partial charge is 0.218 e. The molecule has 0 aromatic rings. The van der Waals surface area contributed by atoms with Gasteiger partial charge in [0.25, 0.3) is 0 Å². The topological polar surface area (TPSA) is 46.2 Å². The molecule has 0 aliphatic carbocycles. The molecule has 4 heteroatoms. The minimum atomic E-state index is -2.91. The molecule has 3 nitrogen and oxygen atoms in total. The van der Waals surface area contributed by atoms with Crippen LogP contribution >= 0.6 is 0 Å². The zero-order chi connectivity index (χ0) is 5.91. The van der Waals surface area contributed by atoms with Crippen LogP contribution in [0.2, 0.25) is 0 Å². The van der Waals surface area contributed by atoms with Gasteiger partial charge in [-0.3, -0.25) is 0 Å². The average molecular weight is 123 g/mol. The van der Waals surface area contributed by atoms with E-state index in [1.54, 1.807) is 6.92 Å². The summed E-state index contributed by atoms with van der Waals surface area (Å²) in [4.78, 5) is 0. The van der Waals surface area contributed by atoms with E-state index in [4.69, 9.17) is 0 Å². The fourth-order valence-corrected chi connectivity index (χ4v) is 0.433. The second-order valence-electron chi connectivity index (χ2n) is 1.11. The molecule has 0 spiro atoms. The molecule has 0 rings (SSSR count). The third kappa shape index (κ3) is 2.59. The standard InChI is InChI=1S/C3H9NO2S/c1-3-7(5,6)4-2/h4H,3H2,1-2H3. The van der Waals surface area contributed by atoms with E-state index in [9.17, 15) is 8.42 Å². The lowest BCUT2D eigenvalue weighted by Crippen LogP contribution is -2.19. The maximum Gasteiger partial charge on any atom is 0.211 e. The highest BCUT2D eigenvalue weighted by molar-refractivity contribution is 7.89. The summed E-state index contributed by atoms with van der Waals surface area (Å²) in [5.41, 5.74) is 0. The predicted octanol–water partition coefficient (Wildman–Crippen LogP) is -0.445. The smallest absolute Gasteiger partial charge is 0.211 e. The summed E-state index contributed by atoms with van der Waals surface area (Å²) >= 11 is 0. The molecule has 0 fully saturated rings. The molecule has 0 atom stereocenters. The van der Waals surface area contributed by atoms with Crippen molar-refractivity contribution in [2.45, 2.75) is 6.92 Å². The van der Waals surface area contributed by atoms with Crippen molar-refractivity contribution in [2.24, 2.45) is 0 Å². The zero-order valence-corrected chi connectivity index (χ0v) is 5.25. The van der Waals surface area contributed by atoms with Gasteiger partial charge in [-0.1, -0.05) is 0 Å². The predicted molar refractivity (Wildman–Crippen MR) is 28.5 cm³/mol. The van der Waals surface area contributed by atoms with Crippen molar-refractivity contribution in [1.29, 1.82) is 0 Å². The van der Waals surface area contributed by atoms with Crippen molar-refractivity contribution in [2.75, 3.05) is 12.8 Å². The Morgan fingerprint density at radius 3 is 2.00 bits per heavy atom. The van der Waals surface area contributed by atoms with Crippen molar-refractivity contribution in [3.63, 3.8) is 0 Å². The van der Waals surface area contributed by atoms with E-state index in [1.807, 2.05) is 0 Å². The highest BCUT2D eigenvalue weighted by Gasteiger charge is 1.97. The van der Waals surface area contributed by atoms with Crippen LogP contribution in [-0.4, -0.2) is 21.2 Å². The van der Waals surface area contributed by atoms with Gasteiger partial charge >= 0.3 is 0 Å². The van der Waals surface area contributed by atoms with Crippen LogP contribution in [0.5, 0.6) is 0 Å². The van der Waals surface area contributed by atoms with Gasteiger partial charge in [0.2, 0.25) is 10.0 Å². The van der Waals surface area contributed by atoms with E-state index in [-0.39, 0.29) is 5.75 Å². The first kappa shape index (κ1) is 6.91. The van der Waals surface area contributed by atoms with Crippen LogP contribution in [0.4, 0.5) is 0 Å². The number of nitrogens with one attached hydrogen (secondary N) is 1. The Morgan fingerprint density at radius 1 is 1.57 bits per heavy atom. The van der Waals surface area contributed by atoms with Crippen LogP contribution in [0.25, 0.3) is 0 Å². The number of rotatable bonds is 2. The first-order chi connectivity index (χ1) is 3.12. The maximum atomic E-state index is 10.3. The Morgan fingerprint density at radius 2 is 2.00 bits per heavy atom. The van der Waals surface area contributed by atoms with E-state index in [0.29, 0.717) is 0 Å². The lowest BCUT2D eigenvalue weighted by molar-refractivity contribution is 0.589. The molecule has 0 radical (unpaired) electrons. The summed E-state index contributed by atoms with van der Waals surface area (Å²) in [5, 5.41) is 0. The van der Waals surface area contributed by atoms with E-state index in [1.165, 1.54) is 7.05 Å². The molecular weight excluding hydrogens is 114 g/mol. The second kappa shape index (κ2) is 2.28. The van der Waals surface area contributed by atoms with Crippen molar-refractivity contribution in [3.05, 3.63) is 0 Å².